The van der Waals surface area contributed by atoms with Gasteiger partial charge < -0.3 is 5.32 Å². The quantitative estimate of drug-likeness (QED) is 0.0720. The Balaban J connectivity index is -0.000000563. The Kier molecular flexibility index (Phi) is 64.1. The molecule has 0 unspecified atom stereocenters. The molecule has 0 atom stereocenters. The smallest absolute Gasteiger partial charge is 0.383 e. The van der Waals surface area contributed by atoms with Crippen LogP contribution in [0.3, 0.4) is 0 Å². The molecule has 7 aromatic carbocycles. The molecule has 110 heavy (non-hydrogen) atoms. The predicted octanol–water partition coefficient (Wildman–Crippen LogP) is 35.7. The van der Waals surface area contributed by atoms with Crippen molar-refractivity contribution in [3.05, 3.63) is 258 Å². The van der Waals surface area contributed by atoms with Crippen molar-refractivity contribution >= 4 is 40.4 Å². The topological polar surface area (TPSA) is 12.0 Å². The fourth-order valence-electron chi connectivity index (χ4n) is 10.5. The lowest BCUT2D eigenvalue weighted by atomic mass is 10.00. The molecule has 1 nitrogen and oxygen atoms in total. The van der Waals surface area contributed by atoms with Gasteiger partial charge in [0.25, 0.3) is 0 Å². The van der Waals surface area contributed by atoms with Gasteiger partial charge in [-0.2, -0.15) is 13.2 Å². The Morgan fingerprint density at radius 1 is 0.409 bits per heavy atom. The zero-order chi connectivity index (χ0) is 85.6. The van der Waals surface area contributed by atoms with E-state index in [1.807, 2.05) is 81.1 Å². The molecule has 0 saturated carbocycles. The van der Waals surface area contributed by atoms with E-state index in [-0.39, 0.29) is 29.4 Å². The number of thioether (sulfide) groups is 1. The largest absolute Gasteiger partial charge is 0.389 e. The van der Waals surface area contributed by atoms with Gasteiger partial charge >= 0.3 is 6.18 Å². The molecule has 0 aliphatic carbocycles. The SMILES string of the molecule is CC(C)C.CC(C)CC(C)C.CC(C)CC(F)(F)F.CC(C)Cc1ccccc1.CC(C)Nc1cccc(F)c1C(C)C.CC(C)c1ccc(Cl)cc1.CC(C)c1ccccc1F.CCC(C)C.CCSc1ccccc1C(C)C.Cc1ccc(C(C)C)cc1.Cc1cccc(C(C)C)c1.Cc1csc(C)c1C(C)C. The Morgan fingerprint density at radius 3 is 1.15 bits per heavy atom. The highest BCUT2D eigenvalue weighted by molar-refractivity contribution is 7.99. The van der Waals surface area contributed by atoms with Gasteiger partial charge in [0.05, 0.1) is 0 Å². The van der Waals surface area contributed by atoms with E-state index in [1.54, 1.807) is 31.5 Å². The molecular formula is C101H159ClF5NS2. The van der Waals surface area contributed by atoms with Crippen LogP contribution in [-0.4, -0.2) is 18.0 Å². The number of nitrogens with one attached hydrogen (secondary N) is 1. The van der Waals surface area contributed by atoms with Gasteiger partial charge in [0.2, 0.25) is 0 Å². The maximum atomic E-state index is 13.5. The molecule has 8 aromatic rings. The van der Waals surface area contributed by atoms with Crippen LogP contribution in [0.2, 0.25) is 5.02 Å². The van der Waals surface area contributed by atoms with Gasteiger partial charge in [0.15, 0.2) is 0 Å². The summed E-state index contributed by atoms with van der Waals surface area (Å²) in [4.78, 5) is 2.92. The number of hydrogen-bond acceptors (Lipinski definition) is 3. The Morgan fingerprint density at radius 2 is 0.836 bits per heavy atom. The van der Waals surface area contributed by atoms with Crippen LogP contribution in [0.5, 0.6) is 0 Å². The van der Waals surface area contributed by atoms with Gasteiger partial charge in [-0.1, -0.05) is 363 Å². The molecule has 8 rings (SSSR count). The average Bonchev–Trinajstić information content (AvgIpc) is 1.79. The maximum absolute atomic E-state index is 13.5. The summed E-state index contributed by atoms with van der Waals surface area (Å²) in [6, 6.07) is 57.0. The number of alkyl halides is 3. The molecular weight excluding hydrogens is 1420 g/mol. The fourth-order valence-corrected chi connectivity index (χ4v) is 12.6. The predicted molar refractivity (Wildman–Crippen MR) is 491 cm³/mol. The molecule has 622 valence electrons. The molecule has 0 radical (unpaired) electrons. The second kappa shape index (κ2) is 63.7. The van der Waals surface area contributed by atoms with Crippen LogP contribution in [-0.2, 0) is 6.42 Å². The van der Waals surface area contributed by atoms with Crippen LogP contribution in [0, 0.1) is 74.8 Å². The van der Waals surface area contributed by atoms with Crippen molar-refractivity contribution in [1.29, 1.82) is 0 Å². The van der Waals surface area contributed by atoms with Gasteiger partial charge in [-0.05, 0) is 223 Å². The van der Waals surface area contributed by atoms with Gasteiger partial charge in [0, 0.05) is 38.5 Å². The lowest BCUT2D eigenvalue weighted by molar-refractivity contribution is -0.141. The molecule has 0 aliphatic heterocycles. The summed E-state index contributed by atoms with van der Waals surface area (Å²) >= 11 is 9.51. The van der Waals surface area contributed by atoms with Crippen LogP contribution in [0.15, 0.2) is 180 Å². The number of aryl methyl sites for hydroxylation is 4. The third kappa shape index (κ3) is 60.9. The highest BCUT2D eigenvalue weighted by Crippen LogP contribution is 2.31. The van der Waals surface area contributed by atoms with Crippen LogP contribution < -0.4 is 5.32 Å². The average molecular weight is 1580 g/mol. The van der Waals surface area contributed by atoms with E-state index < -0.39 is 12.6 Å². The molecule has 0 spiro atoms. The minimum atomic E-state index is -3.98. The molecule has 1 N–H and O–H groups in total. The summed E-state index contributed by atoms with van der Waals surface area (Å²) in [6.07, 6.45) is -0.790. The zero-order valence-corrected chi connectivity index (χ0v) is 78.3. The monoisotopic (exact) mass is 1580 g/mol. The molecule has 0 fully saturated rings. The normalized spacial score (nSPS) is 10.7. The molecule has 0 amide bonds. The van der Waals surface area contributed by atoms with Crippen LogP contribution in [0.25, 0.3) is 0 Å². The van der Waals surface area contributed by atoms with Crippen molar-refractivity contribution in [2.24, 2.45) is 35.5 Å². The lowest BCUT2D eigenvalue weighted by Crippen LogP contribution is -2.12. The van der Waals surface area contributed by atoms with Gasteiger partial charge in [0.1, 0.15) is 11.6 Å². The van der Waals surface area contributed by atoms with E-state index in [0.717, 1.165) is 57.2 Å². The molecule has 0 aliphatic rings. The van der Waals surface area contributed by atoms with E-state index >= 15 is 0 Å². The molecule has 0 saturated heterocycles. The van der Waals surface area contributed by atoms with E-state index in [0.29, 0.717) is 35.6 Å². The van der Waals surface area contributed by atoms with Crippen molar-refractivity contribution in [1.82, 2.24) is 0 Å². The highest BCUT2D eigenvalue weighted by Gasteiger charge is 2.28. The Hall–Kier alpha value is -5.67. The number of benzene rings is 7. The summed E-state index contributed by atoms with van der Waals surface area (Å²) in [7, 11) is 0. The van der Waals surface area contributed by atoms with Gasteiger partial charge in [-0.25, -0.2) is 8.78 Å². The van der Waals surface area contributed by atoms with Crippen molar-refractivity contribution in [2.75, 3.05) is 11.1 Å². The number of thiophene rings is 1. The third-order valence-corrected chi connectivity index (χ3v) is 18.4. The van der Waals surface area contributed by atoms with Crippen LogP contribution in [0.1, 0.15) is 341 Å². The van der Waals surface area contributed by atoms with Crippen molar-refractivity contribution in [3.63, 3.8) is 0 Å². The summed E-state index contributed by atoms with van der Waals surface area (Å²) in [5.74, 6) is 8.60. The van der Waals surface area contributed by atoms with Gasteiger partial charge in [-0.3, -0.25) is 0 Å². The van der Waals surface area contributed by atoms with E-state index in [9.17, 15) is 22.0 Å². The summed E-state index contributed by atoms with van der Waals surface area (Å²) in [5, 5.41) is 6.31. The standard InChI is InChI=1S/C12H18FN.C11H16S.3C10H14.C9H11Cl.C9H11F.C9H14S.C7H16.C5H9F3.C5H12.C4H10/c1-8(2)12-10(13)6-5-7-11(12)14-9(3)4;1-4-12-11-8-6-5-7-10(11)9(2)3;1-8(2)10-6-4-9(3)5-7-10;1-8(2)10-6-4-5-9(3)7-10;1-9(2)8-10-6-4-3-5-7-10;1-7(2)8-3-5-9(10)6-4-8;1-7(2)8-5-3-4-6-9(8)10;1-6(2)9-7(3)5-10-8(9)4;1-6(2)5-7(3)4;1-4(2)3-5(6,7)8;1-4-5(2)3;1-4(2)3/h5-9,14H,1-4H3;5-9H,4H2,1-3H3;2*4-8H,1-3H3;3-7,9H,8H2,1-2H3;2*3-7H,1-2H3;5-6H,1-4H3;6-7H,5H2,1-4H3;4H,3H2,1-2H3;5H,4H2,1-3H3;4H,1-3H3. The second-order valence-corrected chi connectivity index (χ2v) is 36.5. The van der Waals surface area contributed by atoms with Crippen LogP contribution in [0.4, 0.5) is 27.6 Å². The van der Waals surface area contributed by atoms with Crippen LogP contribution >= 0.6 is 34.7 Å². The minimum Gasteiger partial charge on any atom is -0.383 e. The molecule has 1 heterocycles. The number of rotatable bonds is 17. The molecule has 9 heteroatoms. The number of halogens is 6. The first-order valence-corrected chi connectivity index (χ1v) is 43.3. The van der Waals surface area contributed by atoms with Crippen molar-refractivity contribution in [2.45, 2.75) is 327 Å². The van der Waals surface area contributed by atoms with Crippen molar-refractivity contribution < 1.29 is 22.0 Å². The lowest BCUT2D eigenvalue weighted by Gasteiger charge is -2.17. The van der Waals surface area contributed by atoms with E-state index in [1.165, 1.54) is 85.7 Å². The first kappa shape index (κ1) is 111. The zero-order valence-electron chi connectivity index (χ0n) is 75.9. The van der Waals surface area contributed by atoms with Gasteiger partial charge in [-0.15, -0.1) is 23.1 Å². The third-order valence-electron chi connectivity index (χ3n) is 16.1. The summed E-state index contributed by atoms with van der Waals surface area (Å²) in [5.41, 5.74) is 15.3. The molecule has 0 bridgehead atoms. The fraction of sp³-hybridized carbons (Fsp3) is 0.545. The number of hydrogen-bond donors (Lipinski definition) is 1. The molecule has 1 aromatic heterocycles. The first-order chi connectivity index (χ1) is 51.0. The minimum absolute atomic E-state index is 0.0995. The summed E-state index contributed by atoms with van der Waals surface area (Å²) < 4.78 is 60.3. The Labute approximate surface area is 688 Å². The highest BCUT2D eigenvalue weighted by atomic mass is 35.5. The maximum Gasteiger partial charge on any atom is 0.389 e. The Bertz CT molecular complexity index is 3360. The summed E-state index contributed by atoms with van der Waals surface area (Å²) in [6.45, 7) is 74.9. The van der Waals surface area contributed by atoms with E-state index in [2.05, 4.69) is 327 Å². The first-order valence-electron chi connectivity index (χ1n) is 41.1. The van der Waals surface area contributed by atoms with E-state index in [4.69, 9.17) is 11.6 Å². The second-order valence-electron chi connectivity index (χ2n) is 33.7. The van der Waals surface area contributed by atoms with Crippen molar-refractivity contribution in [3.8, 4) is 0 Å². The number of anilines is 1.